The van der Waals surface area contributed by atoms with E-state index in [4.69, 9.17) is 5.73 Å². The van der Waals surface area contributed by atoms with Crippen LogP contribution < -0.4 is 5.73 Å². The molecule has 0 spiro atoms. The lowest BCUT2D eigenvalue weighted by molar-refractivity contribution is -0.198. The minimum absolute atomic E-state index is 0.232. The van der Waals surface area contributed by atoms with Gasteiger partial charge in [-0.1, -0.05) is 42.7 Å². The Bertz CT molecular complexity index is 442. The molecule has 0 bridgehead atoms. The maximum atomic E-state index is 13.1. The zero-order chi connectivity index (χ0) is 14.8. The summed E-state index contributed by atoms with van der Waals surface area (Å²) in [5, 5.41) is 0. The van der Waals surface area contributed by atoms with Gasteiger partial charge in [0.1, 0.15) is 0 Å². The molecule has 1 saturated carbocycles. The molecule has 112 valence electrons. The van der Waals surface area contributed by atoms with Crippen LogP contribution in [0.25, 0.3) is 0 Å². The summed E-state index contributed by atoms with van der Waals surface area (Å²) in [5.74, 6) is -1.67. The van der Waals surface area contributed by atoms with E-state index in [-0.39, 0.29) is 6.42 Å². The summed E-state index contributed by atoms with van der Waals surface area (Å²) in [4.78, 5) is 0. The molecule has 4 heteroatoms. The van der Waals surface area contributed by atoms with Crippen LogP contribution in [-0.2, 0) is 6.42 Å². The van der Waals surface area contributed by atoms with Crippen molar-refractivity contribution in [1.82, 2.24) is 0 Å². The molecule has 0 radical (unpaired) electrons. The van der Waals surface area contributed by atoms with E-state index in [1.54, 1.807) is 0 Å². The minimum Gasteiger partial charge on any atom is -0.327 e. The van der Waals surface area contributed by atoms with Gasteiger partial charge in [-0.2, -0.15) is 13.2 Å². The molecule has 20 heavy (non-hydrogen) atoms. The van der Waals surface area contributed by atoms with Crippen molar-refractivity contribution >= 4 is 0 Å². The third-order valence-electron chi connectivity index (χ3n) is 4.34. The van der Waals surface area contributed by atoms with Gasteiger partial charge in [-0.15, -0.1) is 0 Å². The Labute approximate surface area is 118 Å². The van der Waals surface area contributed by atoms with Gasteiger partial charge in [-0.05, 0) is 37.7 Å². The van der Waals surface area contributed by atoms with Gasteiger partial charge in [0.15, 0.2) is 0 Å². The van der Waals surface area contributed by atoms with Crippen LogP contribution in [0.3, 0.4) is 0 Å². The zero-order valence-electron chi connectivity index (χ0n) is 11.8. The summed E-state index contributed by atoms with van der Waals surface area (Å²) in [7, 11) is 0. The van der Waals surface area contributed by atoms with Crippen LogP contribution in [0.2, 0.25) is 0 Å². The number of halogens is 3. The van der Waals surface area contributed by atoms with Gasteiger partial charge in [0.05, 0.1) is 5.92 Å². The second-order valence-electron chi connectivity index (χ2n) is 5.95. The highest BCUT2D eigenvalue weighted by Gasteiger charge is 2.47. The summed E-state index contributed by atoms with van der Waals surface area (Å²) >= 11 is 0. The van der Waals surface area contributed by atoms with Crippen LogP contribution in [0, 0.1) is 18.8 Å². The molecule has 0 saturated heterocycles. The Kier molecular flexibility index (Phi) is 4.74. The molecule has 0 aliphatic heterocycles. The fourth-order valence-electron chi connectivity index (χ4n) is 3.34. The molecule has 1 nitrogen and oxygen atoms in total. The largest absolute Gasteiger partial charge is 0.392 e. The fraction of sp³-hybridized carbons (Fsp3) is 0.625. The molecule has 1 aliphatic rings. The molecular formula is C16H22F3N. The van der Waals surface area contributed by atoms with E-state index >= 15 is 0 Å². The highest BCUT2D eigenvalue weighted by atomic mass is 19.4. The van der Waals surface area contributed by atoms with E-state index < -0.39 is 24.1 Å². The number of aryl methyl sites for hydroxylation is 1. The molecule has 3 atom stereocenters. The molecule has 0 aromatic heterocycles. The maximum Gasteiger partial charge on any atom is 0.392 e. The van der Waals surface area contributed by atoms with Crippen molar-refractivity contribution in [3.05, 3.63) is 35.4 Å². The third-order valence-corrected chi connectivity index (χ3v) is 4.34. The van der Waals surface area contributed by atoms with Gasteiger partial charge in [0.25, 0.3) is 0 Å². The fourth-order valence-corrected chi connectivity index (χ4v) is 3.34. The van der Waals surface area contributed by atoms with E-state index in [0.29, 0.717) is 19.3 Å². The molecule has 1 aliphatic carbocycles. The minimum atomic E-state index is -4.12. The number of alkyl halides is 3. The molecule has 2 N–H and O–H groups in total. The van der Waals surface area contributed by atoms with Gasteiger partial charge in [-0.3, -0.25) is 0 Å². The SMILES string of the molecule is Cc1cccc(CC(N)C2CCCCC2C(F)(F)F)c1. The first-order chi connectivity index (χ1) is 9.38. The van der Waals surface area contributed by atoms with Crippen molar-refractivity contribution < 1.29 is 13.2 Å². The summed E-state index contributed by atoms with van der Waals surface area (Å²) < 4.78 is 39.3. The van der Waals surface area contributed by atoms with Crippen LogP contribution in [0.15, 0.2) is 24.3 Å². The predicted octanol–water partition coefficient (Wildman–Crippen LogP) is 4.23. The first-order valence-electron chi connectivity index (χ1n) is 7.26. The molecule has 3 unspecified atom stereocenters. The standard InChI is InChI=1S/C16H22F3N/c1-11-5-4-6-12(9-11)10-15(20)13-7-2-3-8-14(13)16(17,18)19/h4-6,9,13-15H,2-3,7-8,10,20H2,1H3. The van der Waals surface area contributed by atoms with Gasteiger partial charge < -0.3 is 5.73 Å². The van der Waals surface area contributed by atoms with E-state index in [9.17, 15) is 13.2 Å². The second kappa shape index (κ2) is 6.17. The van der Waals surface area contributed by atoms with Gasteiger partial charge >= 0.3 is 6.18 Å². The van der Waals surface area contributed by atoms with Crippen LogP contribution in [0.5, 0.6) is 0 Å². The molecule has 2 rings (SSSR count). The van der Waals surface area contributed by atoms with E-state index in [2.05, 4.69) is 0 Å². The Morgan fingerprint density at radius 1 is 1.25 bits per heavy atom. The van der Waals surface area contributed by atoms with Crippen LogP contribution in [0.4, 0.5) is 13.2 Å². The Morgan fingerprint density at radius 2 is 1.95 bits per heavy atom. The number of nitrogens with two attached hydrogens (primary N) is 1. The lowest BCUT2D eigenvalue weighted by Crippen LogP contribution is -2.44. The highest BCUT2D eigenvalue weighted by Crippen LogP contribution is 2.42. The van der Waals surface area contributed by atoms with Crippen LogP contribution >= 0.6 is 0 Å². The first kappa shape index (κ1) is 15.4. The Morgan fingerprint density at radius 3 is 2.60 bits per heavy atom. The van der Waals surface area contributed by atoms with Crippen molar-refractivity contribution in [1.29, 1.82) is 0 Å². The van der Waals surface area contributed by atoms with E-state index in [1.807, 2.05) is 31.2 Å². The van der Waals surface area contributed by atoms with Crippen molar-refractivity contribution in [2.45, 2.75) is 51.2 Å². The topological polar surface area (TPSA) is 26.0 Å². The van der Waals surface area contributed by atoms with E-state index in [0.717, 1.165) is 17.5 Å². The number of hydrogen-bond donors (Lipinski definition) is 1. The lowest BCUT2D eigenvalue weighted by Gasteiger charge is -2.36. The average molecular weight is 285 g/mol. The van der Waals surface area contributed by atoms with Crippen molar-refractivity contribution in [3.8, 4) is 0 Å². The number of rotatable bonds is 3. The normalized spacial score (nSPS) is 25.4. The summed E-state index contributed by atoms with van der Waals surface area (Å²) in [6, 6.07) is 7.45. The average Bonchev–Trinajstić information content (AvgIpc) is 2.37. The molecular weight excluding hydrogens is 263 g/mol. The molecule has 1 fully saturated rings. The summed E-state index contributed by atoms with van der Waals surface area (Å²) in [6.07, 6.45) is -1.24. The van der Waals surface area contributed by atoms with Crippen molar-refractivity contribution in [2.24, 2.45) is 17.6 Å². The quantitative estimate of drug-likeness (QED) is 0.883. The lowest BCUT2D eigenvalue weighted by atomic mass is 9.73. The van der Waals surface area contributed by atoms with Crippen LogP contribution in [-0.4, -0.2) is 12.2 Å². The summed E-state index contributed by atoms with van der Waals surface area (Å²) in [6.45, 7) is 1.98. The van der Waals surface area contributed by atoms with Gasteiger partial charge in [0, 0.05) is 6.04 Å². The molecule has 1 aromatic carbocycles. The second-order valence-corrected chi connectivity index (χ2v) is 5.95. The Hall–Kier alpha value is -1.03. The number of hydrogen-bond acceptors (Lipinski definition) is 1. The van der Waals surface area contributed by atoms with E-state index in [1.165, 1.54) is 0 Å². The molecule has 0 amide bonds. The first-order valence-corrected chi connectivity index (χ1v) is 7.26. The number of benzene rings is 1. The van der Waals surface area contributed by atoms with Gasteiger partial charge in [0.2, 0.25) is 0 Å². The van der Waals surface area contributed by atoms with Gasteiger partial charge in [-0.25, -0.2) is 0 Å². The highest BCUT2D eigenvalue weighted by molar-refractivity contribution is 5.23. The summed E-state index contributed by atoms with van der Waals surface area (Å²) in [5.41, 5.74) is 8.27. The molecule has 1 aromatic rings. The smallest absolute Gasteiger partial charge is 0.327 e. The van der Waals surface area contributed by atoms with Crippen molar-refractivity contribution in [2.75, 3.05) is 0 Å². The zero-order valence-corrected chi connectivity index (χ0v) is 11.8. The third kappa shape index (κ3) is 3.75. The monoisotopic (exact) mass is 285 g/mol. The Balaban J connectivity index is 2.08. The van der Waals surface area contributed by atoms with Crippen molar-refractivity contribution in [3.63, 3.8) is 0 Å². The van der Waals surface area contributed by atoms with Crippen LogP contribution in [0.1, 0.15) is 36.8 Å². The maximum absolute atomic E-state index is 13.1. The molecule has 0 heterocycles. The predicted molar refractivity (Wildman–Crippen MR) is 74.4 cm³/mol.